The lowest BCUT2D eigenvalue weighted by Crippen LogP contribution is -2.00. The van der Waals surface area contributed by atoms with E-state index in [0.717, 1.165) is 19.3 Å². The highest BCUT2D eigenvalue weighted by molar-refractivity contribution is 5.28. The van der Waals surface area contributed by atoms with Crippen LogP contribution in [0.25, 0.3) is 0 Å². The largest absolute Gasteiger partial charge is 0.0876 e. The lowest BCUT2D eigenvalue weighted by atomic mass is 9.91. The first-order valence-corrected chi connectivity index (χ1v) is 8.71. The van der Waals surface area contributed by atoms with Crippen LogP contribution in [0.4, 0.5) is 0 Å². The Bertz CT molecular complexity index is 727. The second kappa shape index (κ2) is 8.88. The van der Waals surface area contributed by atoms with Crippen LogP contribution in [-0.2, 0) is 12.8 Å². The van der Waals surface area contributed by atoms with Crippen LogP contribution in [0.1, 0.15) is 29.0 Å². The van der Waals surface area contributed by atoms with E-state index in [1.54, 1.807) is 0 Å². The van der Waals surface area contributed by atoms with Crippen LogP contribution in [0.5, 0.6) is 0 Å². The predicted molar refractivity (Wildman–Crippen MR) is 103 cm³/mol. The minimum Gasteiger partial charge on any atom is -0.0876 e. The maximum absolute atomic E-state index is 2.38. The quantitative estimate of drug-likeness (QED) is 0.455. The standard InChI is InChI=1S/C24H24/c1-4-12-21(13-5-1)14-10-11-19-24(23-17-8-3-9-18-23)20-22-15-6-2-7-16-22/h1-9,11-13,15-19,24H,10,14,20H2/b19-11+. The molecule has 0 spiro atoms. The molecule has 0 nitrogen and oxygen atoms in total. The maximum Gasteiger partial charge on any atom is 0.00583 e. The zero-order valence-corrected chi connectivity index (χ0v) is 14.0. The molecule has 0 saturated carbocycles. The lowest BCUT2D eigenvalue weighted by molar-refractivity contribution is 0.827. The summed E-state index contributed by atoms with van der Waals surface area (Å²) >= 11 is 0. The van der Waals surface area contributed by atoms with Crippen molar-refractivity contribution in [1.82, 2.24) is 0 Å². The molecule has 0 aliphatic heterocycles. The summed E-state index contributed by atoms with van der Waals surface area (Å²) in [7, 11) is 0. The van der Waals surface area contributed by atoms with Crippen molar-refractivity contribution < 1.29 is 0 Å². The smallest absolute Gasteiger partial charge is 0.00583 e. The molecule has 0 aliphatic rings. The van der Waals surface area contributed by atoms with Gasteiger partial charge in [0.2, 0.25) is 0 Å². The van der Waals surface area contributed by atoms with Gasteiger partial charge in [0, 0.05) is 5.92 Å². The average molecular weight is 312 g/mol. The van der Waals surface area contributed by atoms with Gasteiger partial charge in [-0.15, -0.1) is 0 Å². The van der Waals surface area contributed by atoms with Crippen molar-refractivity contribution in [3.05, 3.63) is 120 Å². The second-order valence-electron chi connectivity index (χ2n) is 6.16. The molecular weight excluding hydrogens is 288 g/mol. The van der Waals surface area contributed by atoms with E-state index in [9.17, 15) is 0 Å². The van der Waals surface area contributed by atoms with E-state index in [-0.39, 0.29) is 0 Å². The van der Waals surface area contributed by atoms with Crippen molar-refractivity contribution in [3.8, 4) is 0 Å². The van der Waals surface area contributed by atoms with Crippen LogP contribution in [0, 0.1) is 0 Å². The Hall–Kier alpha value is -2.60. The molecule has 0 amide bonds. The van der Waals surface area contributed by atoms with Crippen molar-refractivity contribution in [2.45, 2.75) is 25.2 Å². The fourth-order valence-corrected chi connectivity index (χ4v) is 3.02. The Balaban J connectivity index is 1.67. The van der Waals surface area contributed by atoms with Crippen LogP contribution >= 0.6 is 0 Å². The molecule has 24 heavy (non-hydrogen) atoms. The third-order valence-electron chi connectivity index (χ3n) is 4.34. The van der Waals surface area contributed by atoms with E-state index in [4.69, 9.17) is 0 Å². The predicted octanol–water partition coefficient (Wildman–Crippen LogP) is 6.20. The third kappa shape index (κ3) is 4.96. The molecule has 0 fully saturated rings. The Morgan fingerprint density at radius 3 is 1.79 bits per heavy atom. The molecule has 0 radical (unpaired) electrons. The van der Waals surface area contributed by atoms with E-state index in [1.807, 2.05) is 0 Å². The van der Waals surface area contributed by atoms with Gasteiger partial charge in [-0.2, -0.15) is 0 Å². The van der Waals surface area contributed by atoms with Crippen molar-refractivity contribution in [3.63, 3.8) is 0 Å². The molecule has 0 bridgehead atoms. The molecule has 0 aromatic heterocycles. The highest BCUT2D eigenvalue weighted by Gasteiger charge is 2.08. The maximum atomic E-state index is 2.38. The molecule has 0 saturated heterocycles. The van der Waals surface area contributed by atoms with Crippen LogP contribution in [0.2, 0.25) is 0 Å². The van der Waals surface area contributed by atoms with E-state index >= 15 is 0 Å². The topological polar surface area (TPSA) is 0 Å². The molecule has 120 valence electrons. The van der Waals surface area contributed by atoms with Gasteiger partial charge in [0.25, 0.3) is 0 Å². The minimum atomic E-state index is 0.435. The highest BCUT2D eigenvalue weighted by atomic mass is 14.1. The van der Waals surface area contributed by atoms with Gasteiger partial charge in [0.15, 0.2) is 0 Å². The van der Waals surface area contributed by atoms with Gasteiger partial charge in [0.05, 0.1) is 0 Å². The van der Waals surface area contributed by atoms with E-state index < -0.39 is 0 Å². The van der Waals surface area contributed by atoms with Gasteiger partial charge >= 0.3 is 0 Å². The number of hydrogen-bond acceptors (Lipinski definition) is 0. The van der Waals surface area contributed by atoms with Crippen molar-refractivity contribution in [2.75, 3.05) is 0 Å². The fraction of sp³-hybridized carbons (Fsp3) is 0.167. The molecule has 1 unspecified atom stereocenters. The molecule has 1 atom stereocenters. The summed E-state index contributed by atoms with van der Waals surface area (Å²) in [6, 6.07) is 32.3. The van der Waals surface area contributed by atoms with Crippen LogP contribution in [-0.4, -0.2) is 0 Å². The molecule has 3 aromatic carbocycles. The van der Waals surface area contributed by atoms with Gasteiger partial charge in [0.1, 0.15) is 0 Å². The minimum absolute atomic E-state index is 0.435. The van der Waals surface area contributed by atoms with Crippen LogP contribution < -0.4 is 0 Å². The van der Waals surface area contributed by atoms with Crippen LogP contribution in [0.3, 0.4) is 0 Å². The lowest BCUT2D eigenvalue weighted by Gasteiger charge is -2.13. The van der Waals surface area contributed by atoms with E-state index in [1.165, 1.54) is 16.7 Å². The van der Waals surface area contributed by atoms with Gasteiger partial charge in [-0.1, -0.05) is 103 Å². The fourth-order valence-electron chi connectivity index (χ4n) is 3.02. The zero-order chi connectivity index (χ0) is 16.5. The van der Waals surface area contributed by atoms with Crippen LogP contribution in [0.15, 0.2) is 103 Å². The Morgan fingerprint density at radius 2 is 1.17 bits per heavy atom. The van der Waals surface area contributed by atoms with Gasteiger partial charge < -0.3 is 0 Å². The highest BCUT2D eigenvalue weighted by Crippen LogP contribution is 2.22. The Labute approximate surface area is 145 Å². The monoisotopic (exact) mass is 312 g/mol. The molecule has 0 N–H and O–H groups in total. The molecule has 0 heteroatoms. The Morgan fingerprint density at radius 1 is 0.625 bits per heavy atom. The molecular formula is C24H24. The molecule has 0 heterocycles. The zero-order valence-electron chi connectivity index (χ0n) is 14.0. The molecule has 0 aliphatic carbocycles. The SMILES string of the molecule is C(=C\C(Cc1ccccc1)c1ccccc1)/CCc1ccccc1. The third-order valence-corrected chi connectivity index (χ3v) is 4.34. The average Bonchev–Trinajstić information content (AvgIpc) is 2.66. The summed E-state index contributed by atoms with van der Waals surface area (Å²) in [4.78, 5) is 0. The van der Waals surface area contributed by atoms with E-state index in [0.29, 0.717) is 5.92 Å². The first kappa shape index (κ1) is 16.3. The summed E-state index contributed by atoms with van der Waals surface area (Å²) in [5.41, 5.74) is 4.18. The van der Waals surface area contributed by atoms with Gasteiger partial charge in [-0.05, 0) is 36.0 Å². The first-order chi connectivity index (χ1) is 11.9. The molecule has 3 rings (SSSR count). The van der Waals surface area contributed by atoms with Crippen molar-refractivity contribution >= 4 is 0 Å². The number of aryl methyl sites for hydroxylation is 1. The molecule has 3 aromatic rings. The number of rotatable bonds is 7. The summed E-state index contributed by atoms with van der Waals surface area (Å²) < 4.78 is 0. The summed E-state index contributed by atoms with van der Waals surface area (Å²) in [6.45, 7) is 0. The number of hydrogen-bond donors (Lipinski definition) is 0. The second-order valence-corrected chi connectivity index (χ2v) is 6.16. The van der Waals surface area contributed by atoms with Gasteiger partial charge in [-0.25, -0.2) is 0 Å². The summed E-state index contributed by atoms with van der Waals surface area (Å²) in [5.74, 6) is 0.435. The summed E-state index contributed by atoms with van der Waals surface area (Å²) in [5, 5.41) is 0. The van der Waals surface area contributed by atoms with Crippen molar-refractivity contribution in [2.24, 2.45) is 0 Å². The Kier molecular flexibility index (Phi) is 6.02. The van der Waals surface area contributed by atoms with Crippen molar-refractivity contribution in [1.29, 1.82) is 0 Å². The first-order valence-electron chi connectivity index (χ1n) is 8.71. The number of allylic oxidation sites excluding steroid dienone is 2. The van der Waals surface area contributed by atoms with Gasteiger partial charge in [-0.3, -0.25) is 0 Å². The number of benzene rings is 3. The van der Waals surface area contributed by atoms with E-state index in [2.05, 4.69) is 103 Å². The summed E-state index contributed by atoms with van der Waals surface area (Å²) in [6.07, 6.45) is 7.96. The normalized spacial score (nSPS) is 12.3.